The van der Waals surface area contributed by atoms with Crippen molar-refractivity contribution in [2.45, 2.75) is 20.3 Å². The van der Waals surface area contributed by atoms with Crippen LogP contribution >= 0.6 is 0 Å². The summed E-state index contributed by atoms with van der Waals surface area (Å²) >= 11 is 0. The highest BCUT2D eigenvalue weighted by Gasteiger charge is 2.16. The van der Waals surface area contributed by atoms with Gasteiger partial charge in [0.15, 0.2) is 0 Å². The number of esters is 3. The summed E-state index contributed by atoms with van der Waals surface area (Å²) in [5.41, 5.74) is 2.13. The molecule has 4 aromatic carbocycles. The molecule has 0 unspecified atom stereocenters. The molecule has 8 heteroatoms. The molecule has 0 heterocycles. The predicted octanol–water partition coefficient (Wildman–Crippen LogP) is 5.20. The number of benzene rings is 4. The van der Waals surface area contributed by atoms with Crippen molar-refractivity contribution < 1.29 is 38.5 Å². The Morgan fingerprint density at radius 2 is 1.41 bits per heavy atom. The number of carbonyl (C=O) groups is 4. The van der Waals surface area contributed by atoms with Gasteiger partial charge >= 0.3 is 23.9 Å². The second-order valence-corrected chi connectivity index (χ2v) is 8.18. The number of carboxylic acid groups (broad SMARTS) is 1. The van der Waals surface area contributed by atoms with Gasteiger partial charge in [0.2, 0.25) is 0 Å². The van der Waals surface area contributed by atoms with Crippen molar-refractivity contribution in [1.29, 1.82) is 0 Å². The highest BCUT2D eigenvalue weighted by atomic mass is 16.5. The molecule has 0 atom stereocenters. The summed E-state index contributed by atoms with van der Waals surface area (Å²) in [5.74, 6) is -1.59. The number of aromatic carboxylic acids is 1. The first-order chi connectivity index (χ1) is 17.7. The number of fused-ring (bicyclic) bond motifs is 1. The van der Waals surface area contributed by atoms with Crippen LogP contribution < -0.4 is 14.2 Å². The number of carboxylic acids is 1. The van der Waals surface area contributed by atoms with E-state index >= 15 is 0 Å². The second kappa shape index (κ2) is 10.7. The first-order valence-corrected chi connectivity index (χ1v) is 11.3. The molecular weight excluding hydrogens is 476 g/mol. The summed E-state index contributed by atoms with van der Waals surface area (Å²) in [5, 5.41) is 10.4. The van der Waals surface area contributed by atoms with Crippen molar-refractivity contribution in [3.8, 4) is 28.4 Å². The van der Waals surface area contributed by atoms with Crippen molar-refractivity contribution in [2.75, 3.05) is 0 Å². The van der Waals surface area contributed by atoms with Crippen LogP contribution in [0.25, 0.3) is 21.9 Å². The molecule has 37 heavy (non-hydrogen) atoms. The van der Waals surface area contributed by atoms with Crippen LogP contribution in [-0.4, -0.2) is 29.0 Å². The smallest absolute Gasteiger partial charge is 0.335 e. The summed E-state index contributed by atoms with van der Waals surface area (Å²) in [4.78, 5) is 47.0. The fraction of sp³-hybridized carbons (Fsp3) is 0.103. The molecule has 0 aliphatic carbocycles. The van der Waals surface area contributed by atoms with Crippen LogP contribution in [0.4, 0.5) is 0 Å². The van der Waals surface area contributed by atoms with E-state index in [-0.39, 0.29) is 17.7 Å². The van der Waals surface area contributed by atoms with Crippen molar-refractivity contribution in [3.05, 3.63) is 90.0 Å². The number of hydrogen-bond acceptors (Lipinski definition) is 7. The van der Waals surface area contributed by atoms with Crippen LogP contribution in [0.2, 0.25) is 0 Å². The molecule has 0 bridgehead atoms. The molecule has 0 aromatic heterocycles. The van der Waals surface area contributed by atoms with Gasteiger partial charge in [0, 0.05) is 19.2 Å². The quantitative estimate of drug-likeness (QED) is 0.273. The lowest BCUT2D eigenvalue weighted by molar-refractivity contribution is -0.134. The molecule has 1 N–H and O–H groups in total. The number of rotatable bonds is 7. The van der Waals surface area contributed by atoms with E-state index in [0.717, 1.165) is 5.56 Å². The largest absolute Gasteiger partial charge is 0.478 e. The van der Waals surface area contributed by atoms with Gasteiger partial charge in [-0.05, 0) is 70.6 Å². The third-order valence-corrected chi connectivity index (χ3v) is 5.41. The normalized spacial score (nSPS) is 10.5. The van der Waals surface area contributed by atoms with E-state index in [1.807, 2.05) is 0 Å². The molecule has 0 aliphatic rings. The summed E-state index contributed by atoms with van der Waals surface area (Å²) < 4.78 is 15.9. The van der Waals surface area contributed by atoms with Gasteiger partial charge in [-0.15, -0.1) is 0 Å². The monoisotopic (exact) mass is 498 g/mol. The van der Waals surface area contributed by atoms with Crippen LogP contribution in [0.1, 0.15) is 29.8 Å². The van der Waals surface area contributed by atoms with Gasteiger partial charge in [0.1, 0.15) is 17.2 Å². The molecule has 0 radical (unpaired) electrons. The summed E-state index contributed by atoms with van der Waals surface area (Å²) in [6.45, 7) is 2.60. The minimum Gasteiger partial charge on any atom is -0.478 e. The zero-order valence-corrected chi connectivity index (χ0v) is 20.0. The highest BCUT2D eigenvalue weighted by Crippen LogP contribution is 2.31. The molecule has 0 fully saturated rings. The zero-order valence-electron chi connectivity index (χ0n) is 20.0. The van der Waals surface area contributed by atoms with E-state index in [2.05, 4.69) is 0 Å². The Morgan fingerprint density at radius 3 is 2.08 bits per heavy atom. The Bertz CT molecular complexity index is 1520. The van der Waals surface area contributed by atoms with Crippen LogP contribution in [0.15, 0.2) is 78.9 Å². The van der Waals surface area contributed by atoms with E-state index in [1.54, 1.807) is 66.7 Å². The van der Waals surface area contributed by atoms with E-state index in [0.29, 0.717) is 33.4 Å². The lowest BCUT2D eigenvalue weighted by Crippen LogP contribution is -2.13. The molecule has 186 valence electrons. The maximum atomic E-state index is 13.0. The third-order valence-electron chi connectivity index (χ3n) is 5.41. The van der Waals surface area contributed by atoms with Gasteiger partial charge in [0.25, 0.3) is 0 Å². The van der Waals surface area contributed by atoms with Gasteiger partial charge < -0.3 is 19.3 Å². The number of ether oxygens (including phenoxy) is 3. The van der Waals surface area contributed by atoms with Crippen molar-refractivity contribution >= 4 is 34.6 Å². The SMILES string of the molecule is CC(=O)Oc1ccc(-c2ccc(OC(C)=O)cc2CC(=O)Oc2cccc3cc(C(=O)O)ccc23)cc1. The van der Waals surface area contributed by atoms with E-state index in [9.17, 15) is 24.3 Å². The summed E-state index contributed by atoms with van der Waals surface area (Å²) in [6.07, 6.45) is -0.139. The van der Waals surface area contributed by atoms with E-state index in [1.165, 1.54) is 26.0 Å². The van der Waals surface area contributed by atoms with Crippen LogP contribution in [-0.2, 0) is 20.8 Å². The molecule has 4 rings (SSSR count). The lowest BCUT2D eigenvalue weighted by Gasteiger charge is -2.13. The number of hydrogen-bond donors (Lipinski definition) is 1. The average Bonchev–Trinajstić information content (AvgIpc) is 2.84. The van der Waals surface area contributed by atoms with Crippen molar-refractivity contribution in [3.63, 3.8) is 0 Å². The van der Waals surface area contributed by atoms with Gasteiger partial charge in [-0.25, -0.2) is 4.79 Å². The Kier molecular flexibility index (Phi) is 7.29. The van der Waals surface area contributed by atoms with Gasteiger partial charge in [0.05, 0.1) is 12.0 Å². The van der Waals surface area contributed by atoms with Crippen molar-refractivity contribution in [2.24, 2.45) is 0 Å². The molecule has 0 saturated heterocycles. The molecule has 0 amide bonds. The minimum atomic E-state index is -1.05. The van der Waals surface area contributed by atoms with E-state index < -0.39 is 23.9 Å². The fourth-order valence-corrected chi connectivity index (χ4v) is 3.89. The lowest BCUT2D eigenvalue weighted by atomic mass is 9.97. The molecule has 8 nitrogen and oxygen atoms in total. The van der Waals surface area contributed by atoms with Gasteiger partial charge in [-0.2, -0.15) is 0 Å². The average molecular weight is 498 g/mol. The second-order valence-electron chi connectivity index (χ2n) is 8.18. The fourth-order valence-electron chi connectivity index (χ4n) is 3.89. The maximum Gasteiger partial charge on any atom is 0.335 e. The Morgan fingerprint density at radius 1 is 0.730 bits per heavy atom. The van der Waals surface area contributed by atoms with E-state index in [4.69, 9.17) is 14.2 Å². The van der Waals surface area contributed by atoms with Crippen molar-refractivity contribution in [1.82, 2.24) is 0 Å². The highest BCUT2D eigenvalue weighted by molar-refractivity contribution is 5.97. The van der Waals surface area contributed by atoms with Crippen LogP contribution in [0, 0.1) is 0 Å². The van der Waals surface area contributed by atoms with Crippen LogP contribution in [0.5, 0.6) is 17.2 Å². The molecular formula is C29H22O8. The summed E-state index contributed by atoms with van der Waals surface area (Å²) in [6, 6.07) is 21.3. The Balaban J connectivity index is 1.63. The first kappa shape index (κ1) is 25.1. The first-order valence-electron chi connectivity index (χ1n) is 11.3. The third kappa shape index (κ3) is 6.18. The Hall–Kier alpha value is -4.98. The topological polar surface area (TPSA) is 116 Å². The van der Waals surface area contributed by atoms with Gasteiger partial charge in [-0.3, -0.25) is 14.4 Å². The maximum absolute atomic E-state index is 13.0. The Labute approximate surface area is 212 Å². The predicted molar refractivity (Wildman–Crippen MR) is 135 cm³/mol. The molecule has 0 spiro atoms. The molecule has 4 aromatic rings. The zero-order chi connectivity index (χ0) is 26.5. The standard InChI is InChI=1S/C29H22O8/c1-17(30)35-23-9-6-19(7-10-23)25-13-11-24(36-18(2)31)15-22(25)16-28(32)37-27-5-3-4-20-14-21(29(33)34)8-12-26(20)27/h3-15H,16H2,1-2H3,(H,33,34). The molecule has 0 aliphatic heterocycles. The summed E-state index contributed by atoms with van der Waals surface area (Å²) in [7, 11) is 0. The minimum absolute atomic E-state index is 0.127. The molecule has 0 saturated carbocycles. The van der Waals surface area contributed by atoms with Gasteiger partial charge in [-0.1, -0.05) is 30.3 Å². The van der Waals surface area contributed by atoms with Crippen LogP contribution in [0.3, 0.4) is 0 Å². The number of carbonyl (C=O) groups excluding carboxylic acids is 3.